The minimum Gasteiger partial charge on any atom is -0.339 e. The molecule has 0 spiro atoms. The van der Waals surface area contributed by atoms with Gasteiger partial charge in [0.25, 0.3) is 0 Å². The maximum atomic E-state index is 5.65. The summed E-state index contributed by atoms with van der Waals surface area (Å²) in [6, 6.07) is 0. The van der Waals surface area contributed by atoms with E-state index in [1.54, 1.807) is 0 Å². The molecule has 0 aliphatic carbocycles. The van der Waals surface area contributed by atoms with Crippen LogP contribution >= 0.6 is 11.8 Å². The van der Waals surface area contributed by atoms with Crippen molar-refractivity contribution in [1.82, 2.24) is 10.1 Å². The van der Waals surface area contributed by atoms with E-state index in [4.69, 9.17) is 10.3 Å². The molecule has 1 aromatic rings. The molecule has 0 bridgehead atoms. The number of nitrogens with two attached hydrogens (primary N) is 1. The fraction of sp³-hybridized carbons (Fsp3) is 0.857. The number of nitrogens with zero attached hydrogens (tertiary/aromatic N) is 2. The maximum Gasteiger partial charge on any atom is 0.226 e. The molecule has 0 aliphatic heterocycles. The smallest absolute Gasteiger partial charge is 0.226 e. The summed E-state index contributed by atoms with van der Waals surface area (Å²) in [7, 11) is 0. The molecular formula is C14H27N3OS. The summed E-state index contributed by atoms with van der Waals surface area (Å²) in [6.45, 7) is 7.34. The molecule has 1 atom stereocenters. The van der Waals surface area contributed by atoms with Gasteiger partial charge >= 0.3 is 0 Å². The monoisotopic (exact) mass is 285 g/mol. The lowest BCUT2D eigenvalue weighted by Crippen LogP contribution is -2.09. The summed E-state index contributed by atoms with van der Waals surface area (Å²) in [5.74, 6) is 3.12. The first kappa shape index (κ1) is 16.5. The highest BCUT2D eigenvalue weighted by molar-refractivity contribution is 7.99. The van der Waals surface area contributed by atoms with Gasteiger partial charge in [0, 0.05) is 6.42 Å². The van der Waals surface area contributed by atoms with Gasteiger partial charge in [-0.15, -0.1) is 0 Å². The first-order chi connectivity index (χ1) is 9.15. The van der Waals surface area contributed by atoms with Gasteiger partial charge < -0.3 is 10.3 Å². The standard InChI is InChI=1S/C14H27N3OS/c1-4-5-12(8-9-15)6-7-14-16-13(17-18-14)10-19-11(2)3/h11-12H,4-10,15H2,1-3H3. The predicted octanol–water partition coefficient (Wildman–Crippen LogP) is 3.41. The number of hydrogen-bond acceptors (Lipinski definition) is 5. The molecule has 5 heteroatoms. The second-order valence-corrected chi connectivity index (χ2v) is 6.80. The molecule has 0 saturated heterocycles. The minimum absolute atomic E-state index is 0.598. The molecule has 1 heterocycles. The lowest BCUT2D eigenvalue weighted by molar-refractivity contribution is 0.347. The van der Waals surface area contributed by atoms with Crippen LogP contribution in [0.25, 0.3) is 0 Å². The summed E-state index contributed by atoms with van der Waals surface area (Å²) in [5.41, 5.74) is 5.65. The molecule has 1 rings (SSSR count). The summed E-state index contributed by atoms with van der Waals surface area (Å²) in [4.78, 5) is 4.44. The van der Waals surface area contributed by atoms with Gasteiger partial charge in [-0.3, -0.25) is 0 Å². The largest absolute Gasteiger partial charge is 0.339 e. The summed E-state index contributed by atoms with van der Waals surface area (Å²) >= 11 is 1.84. The van der Waals surface area contributed by atoms with Crippen molar-refractivity contribution in [1.29, 1.82) is 0 Å². The molecule has 0 aromatic carbocycles. The summed E-state index contributed by atoms with van der Waals surface area (Å²) in [6.07, 6.45) is 5.53. The van der Waals surface area contributed by atoms with Crippen molar-refractivity contribution < 1.29 is 4.52 Å². The Balaban J connectivity index is 2.35. The van der Waals surface area contributed by atoms with Gasteiger partial charge in [0.1, 0.15) is 0 Å². The van der Waals surface area contributed by atoms with Crippen molar-refractivity contribution in [3.63, 3.8) is 0 Å². The van der Waals surface area contributed by atoms with Crippen LogP contribution < -0.4 is 5.73 Å². The van der Waals surface area contributed by atoms with Gasteiger partial charge in [-0.05, 0) is 30.6 Å². The predicted molar refractivity (Wildman–Crippen MR) is 81.1 cm³/mol. The molecule has 0 fully saturated rings. The molecule has 1 aromatic heterocycles. The van der Waals surface area contributed by atoms with Crippen molar-refractivity contribution in [2.45, 2.75) is 63.9 Å². The molecule has 1 unspecified atom stereocenters. The minimum atomic E-state index is 0.598. The fourth-order valence-corrected chi connectivity index (χ4v) is 2.70. The molecule has 0 radical (unpaired) electrons. The Bertz CT molecular complexity index is 335. The highest BCUT2D eigenvalue weighted by Crippen LogP contribution is 2.19. The van der Waals surface area contributed by atoms with E-state index in [1.807, 2.05) is 11.8 Å². The number of rotatable bonds is 10. The van der Waals surface area contributed by atoms with Crippen LogP contribution in [0.3, 0.4) is 0 Å². The van der Waals surface area contributed by atoms with E-state index in [0.29, 0.717) is 11.2 Å². The number of aryl methyl sites for hydroxylation is 1. The zero-order chi connectivity index (χ0) is 14.1. The highest BCUT2D eigenvalue weighted by atomic mass is 32.2. The van der Waals surface area contributed by atoms with Gasteiger partial charge in [0.15, 0.2) is 5.82 Å². The van der Waals surface area contributed by atoms with E-state index in [9.17, 15) is 0 Å². The van der Waals surface area contributed by atoms with Crippen molar-refractivity contribution in [3.8, 4) is 0 Å². The average molecular weight is 285 g/mol. The Morgan fingerprint density at radius 1 is 1.26 bits per heavy atom. The third-order valence-corrected chi connectivity index (χ3v) is 4.19. The lowest BCUT2D eigenvalue weighted by Gasteiger charge is -2.13. The summed E-state index contributed by atoms with van der Waals surface area (Å²) < 4.78 is 5.30. The third kappa shape index (κ3) is 6.97. The first-order valence-corrected chi connectivity index (χ1v) is 8.33. The van der Waals surface area contributed by atoms with E-state index < -0.39 is 0 Å². The molecule has 4 nitrogen and oxygen atoms in total. The second kappa shape index (κ2) is 9.37. The molecule has 0 aliphatic rings. The molecule has 110 valence electrons. The van der Waals surface area contributed by atoms with Crippen LogP contribution in [0.2, 0.25) is 0 Å². The van der Waals surface area contributed by atoms with Crippen LogP contribution in [-0.4, -0.2) is 21.9 Å². The van der Waals surface area contributed by atoms with Crippen LogP contribution in [-0.2, 0) is 12.2 Å². The van der Waals surface area contributed by atoms with E-state index in [2.05, 4.69) is 30.9 Å². The van der Waals surface area contributed by atoms with Crippen LogP contribution in [0.1, 0.15) is 58.2 Å². The van der Waals surface area contributed by atoms with Crippen molar-refractivity contribution in [2.75, 3.05) is 6.54 Å². The lowest BCUT2D eigenvalue weighted by atomic mass is 9.94. The zero-order valence-corrected chi connectivity index (χ0v) is 13.2. The van der Waals surface area contributed by atoms with E-state index in [0.717, 1.165) is 43.3 Å². The van der Waals surface area contributed by atoms with Gasteiger partial charge in [-0.25, -0.2) is 0 Å². The molecule has 0 saturated carbocycles. The molecule has 0 amide bonds. The van der Waals surface area contributed by atoms with E-state index in [1.165, 1.54) is 12.8 Å². The van der Waals surface area contributed by atoms with Crippen LogP contribution in [0.15, 0.2) is 4.52 Å². The zero-order valence-electron chi connectivity index (χ0n) is 12.4. The number of hydrogen-bond donors (Lipinski definition) is 1. The molecular weight excluding hydrogens is 258 g/mol. The van der Waals surface area contributed by atoms with E-state index in [-0.39, 0.29) is 0 Å². The van der Waals surface area contributed by atoms with Gasteiger partial charge in [-0.2, -0.15) is 16.7 Å². The summed E-state index contributed by atoms with van der Waals surface area (Å²) in [5, 5.41) is 4.62. The van der Waals surface area contributed by atoms with Gasteiger partial charge in [0.05, 0.1) is 5.75 Å². The fourth-order valence-electron chi connectivity index (χ4n) is 2.10. The van der Waals surface area contributed by atoms with Crippen molar-refractivity contribution in [2.24, 2.45) is 11.7 Å². The van der Waals surface area contributed by atoms with E-state index >= 15 is 0 Å². The Kier molecular flexibility index (Phi) is 8.14. The van der Waals surface area contributed by atoms with Gasteiger partial charge in [-0.1, -0.05) is 38.8 Å². The van der Waals surface area contributed by atoms with Crippen LogP contribution in [0.5, 0.6) is 0 Å². The topological polar surface area (TPSA) is 64.9 Å². The first-order valence-electron chi connectivity index (χ1n) is 7.28. The second-order valence-electron chi connectivity index (χ2n) is 5.23. The third-order valence-electron chi connectivity index (χ3n) is 3.09. The molecule has 2 N–H and O–H groups in total. The van der Waals surface area contributed by atoms with Crippen LogP contribution in [0, 0.1) is 5.92 Å². The number of aromatic nitrogens is 2. The van der Waals surface area contributed by atoms with Crippen LogP contribution in [0.4, 0.5) is 0 Å². The average Bonchev–Trinajstić information content (AvgIpc) is 2.82. The van der Waals surface area contributed by atoms with Crippen molar-refractivity contribution >= 4 is 11.8 Å². The Hall–Kier alpha value is -0.550. The highest BCUT2D eigenvalue weighted by Gasteiger charge is 2.11. The molecule has 19 heavy (non-hydrogen) atoms. The quantitative estimate of drug-likeness (QED) is 0.713. The number of thioether (sulfide) groups is 1. The normalized spacial score (nSPS) is 13.1. The Labute approximate surface area is 120 Å². The Morgan fingerprint density at radius 3 is 2.68 bits per heavy atom. The maximum absolute atomic E-state index is 5.65. The SMILES string of the molecule is CCCC(CCN)CCc1nc(CSC(C)C)no1. The van der Waals surface area contributed by atoms with Crippen molar-refractivity contribution in [3.05, 3.63) is 11.7 Å². The van der Waals surface area contributed by atoms with Gasteiger partial charge in [0.2, 0.25) is 5.89 Å². The Morgan fingerprint density at radius 2 is 2.05 bits per heavy atom.